The highest BCUT2D eigenvalue weighted by atomic mass is 35.5. The number of ether oxygens (including phenoxy) is 1. The number of rotatable bonds is 8. The van der Waals surface area contributed by atoms with Crippen LogP contribution in [0.5, 0.6) is 0 Å². The summed E-state index contributed by atoms with van der Waals surface area (Å²) >= 11 is 6.45. The van der Waals surface area contributed by atoms with Gasteiger partial charge in [-0.05, 0) is 0 Å². The second-order valence-corrected chi connectivity index (χ2v) is 5.71. The van der Waals surface area contributed by atoms with E-state index in [0.717, 1.165) is 11.8 Å². The normalized spacial score (nSPS) is 13.4. The molecule has 1 rings (SSSR count). The van der Waals surface area contributed by atoms with Crippen molar-refractivity contribution in [3.05, 3.63) is 35.9 Å². The number of benzene rings is 1. The fourth-order valence-electron chi connectivity index (χ4n) is 1.29. The standard InChI is InChI=1S/C13H13ClF4O2S/c14-6-10(7-20-8-13(17,18)12(15)16)21-11(19)9-4-2-1-3-5-9/h1-5,10,12H,6-8H2. The summed E-state index contributed by atoms with van der Waals surface area (Å²) in [6, 6.07) is 8.32. The third kappa shape index (κ3) is 6.23. The Labute approximate surface area is 128 Å². The fraction of sp³-hybridized carbons (Fsp3) is 0.462. The molecule has 8 heteroatoms. The van der Waals surface area contributed by atoms with Crippen LogP contribution in [0, 0.1) is 0 Å². The lowest BCUT2D eigenvalue weighted by Gasteiger charge is -2.17. The maximum Gasteiger partial charge on any atom is 0.330 e. The molecule has 0 aliphatic rings. The van der Waals surface area contributed by atoms with Crippen LogP contribution < -0.4 is 0 Å². The number of alkyl halides is 5. The van der Waals surface area contributed by atoms with Crippen LogP contribution in [0.1, 0.15) is 10.4 Å². The third-order valence-corrected chi connectivity index (χ3v) is 4.01. The first-order valence-electron chi connectivity index (χ1n) is 5.92. The monoisotopic (exact) mass is 344 g/mol. The lowest BCUT2D eigenvalue weighted by Crippen LogP contribution is -2.33. The summed E-state index contributed by atoms with van der Waals surface area (Å²) in [5.41, 5.74) is 0.440. The minimum absolute atomic E-state index is 0.0243. The quantitative estimate of drug-likeness (QED) is 0.525. The van der Waals surface area contributed by atoms with Crippen molar-refractivity contribution in [2.24, 2.45) is 0 Å². The summed E-state index contributed by atoms with van der Waals surface area (Å²) < 4.78 is 53.7. The minimum atomic E-state index is -4.20. The molecular formula is C13H13ClF4O2S. The Bertz CT molecular complexity index is 445. The highest BCUT2D eigenvalue weighted by molar-refractivity contribution is 8.14. The molecule has 0 radical (unpaired) electrons. The Morgan fingerprint density at radius 2 is 1.90 bits per heavy atom. The summed E-state index contributed by atoms with van der Waals surface area (Å²) in [7, 11) is 0. The van der Waals surface area contributed by atoms with E-state index in [2.05, 4.69) is 4.74 Å². The molecule has 21 heavy (non-hydrogen) atoms. The molecule has 118 valence electrons. The van der Waals surface area contributed by atoms with Crippen molar-refractivity contribution in [3.63, 3.8) is 0 Å². The van der Waals surface area contributed by atoms with Crippen LogP contribution in [-0.2, 0) is 4.74 Å². The Balaban J connectivity index is 2.44. The van der Waals surface area contributed by atoms with Crippen molar-refractivity contribution in [1.82, 2.24) is 0 Å². The molecule has 2 nitrogen and oxygen atoms in total. The Hall–Kier alpha value is -0.790. The molecule has 0 saturated heterocycles. The van der Waals surface area contributed by atoms with Crippen molar-refractivity contribution >= 4 is 28.5 Å². The van der Waals surface area contributed by atoms with Gasteiger partial charge in [0.05, 0.1) is 6.61 Å². The van der Waals surface area contributed by atoms with Gasteiger partial charge in [0.1, 0.15) is 6.61 Å². The van der Waals surface area contributed by atoms with E-state index in [1.807, 2.05) is 0 Å². The number of hydrogen-bond acceptors (Lipinski definition) is 3. The number of hydrogen-bond donors (Lipinski definition) is 0. The fourth-order valence-corrected chi connectivity index (χ4v) is 2.37. The van der Waals surface area contributed by atoms with Crippen LogP contribution in [0.4, 0.5) is 17.6 Å². The number of halogens is 5. The Morgan fingerprint density at radius 3 is 2.43 bits per heavy atom. The van der Waals surface area contributed by atoms with E-state index in [-0.39, 0.29) is 17.6 Å². The zero-order valence-electron chi connectivity index (χ0n) is 10.8. The van der Waals surface area contributed by atoms with Gasteiger partial charge in [-0.25, -0.2) is 8.78 Å². The smallest absolute Gasteiger partial charge is 0.330 e. The number of thioether (sulfide) groups is 1. The second-order valence-electron chi connectivity index (χ2n) is 4.12. The first kappa shape index (κ1) is 18.3. The van der Waals surface area contributed by atoms with Crippen LogP contribution in [0.25, 0.3) is 0 Å². The van der Waals surface area contributed by atoms with Gasteiger partial charge in [0, 0.05) is 16.7 Å². The van der Waals surface area contributed by atoms with E-state index >= 15 is 0 Å². The molecule has 0 amide bonds. The third-order valence-electron chi connectivity index (χ3n) is 2.37. The zero-order chi connectivity index (χ0) is 15.9. The first-order chi connectivity index (χ1) is 9.86. The van der Waals surface area contributed by atoms with Gasteiger partial charge in [-0.1, -0.05) is 42.1 Å². The van der Waals surface area contributed by atoms with Gasteiger partial charge in [-0.15, -0.1) is 11.6 Å². The SMILES string of the molecule is O=C(SC(CCl)COCC(F)(F)C(F)F)c1ccccc1. The summed E-state index contributed by atoms with van der Waals surface area (Å²) in [4.78, 5) is 11.9. The molecule has 0 bridgehead atoms. The molecule has 0 N–H and O–H groups in total. The molecular weight excluding hydrogens is 332 g/mol. The summed E-state index contributed by atoms with van der Waals surface area (Å²) in [5, 5.41) is -0.877. The summed E-state index contributed by atoms with van der Waals surface area (Å²) in [6.45, 7) is -1.72. The molecule has 0 aliphatic heterocycles. The molecule has 0 heterocycles. The number of carbonyl (C=O) groups is 1. The molecule has 1 aromatic carbocycles. The van der Waals surface area contributed by atoms with Crippen molar-refractivity contribution in [2.75, 3.05) is 19.1 Å². The lowest BCUT2D eigenvalue weighted by molar-refractivity contribution is -0.165. The van der Waals surface area contributed by atoms with Crippen LogP contribution in [0.3, 0.4) is 0 Å². The molecule has 0 aliphatic carbocycles. The average Bonchev–Trinajstić information content (AvgIpc) is 2.46. The predicted octanol–water partition coefficient (Wildman–Crippen LogP) is 4.08. The molecule has 0 aromatic heterocycles. The van der Waals surface area contributed by atoms with Crippen LogP contribution in [0.2, 0.25) is 0 Å². The predicted molar refractivity (Wildman–Crippen MR) is 74.6 cm³/mol. The maximum atomic E-state index is 12.6. The van der Waals surface area contributed by atoms with Crippen molar-refractivity contribution < 1.29 is 27.1 Å². The number of carbonyl (C=O) groups excluding carboxylic acids is 1. The van der Waals surface area contributed by atoms with E-state index in [1.54, 1.807) is 30.3 Å². The van der Waals surface area contributed by atoms with Gasteiger partial charge in [-0.2, -0.15) is 8.78 Å². The minimum Gasteiger partial charge on any atom is -0.374 e. The van der Waals surface area contributed by atoms with Crippen LogP contribution in [-0.4, -0.2) is 41.8 Å². The van der Waals surface area contributed by atoms with Crippen molar-refractivity contribution in [2.45, 2.75) is 17.6 Å². The summed E-state index contributed by atoms with van der Waals surface area (Å²) in [6.07, 6.45) is -3.79. The van der Waals surface area contributed by atoms with Crippen LogP contribution >= 0.6 is 23.4 Å². The van der Waals surface area contributed by atoms with Crippen LogP contribution in [0.15, 0.2) is 30.3 Å². The van der Waals surface area contributed by atoms with Gasteiger partial charge in [0.2, 0.25) is 5.12 Å². The van der Waals surface area contributed by atoms with Gasteiger partial charge in [0.25, 0.3) is 0 Å². The molecule has 1 atom stereocenters. The Kier molecular flexibility index (Phi) is 7.48. The van der Waals surface area contributed by atoms with E-state index in [0.29, 0.717) is 5.56 Å². The lowest BCUT2D eigenvalue weighted by atomic mass is 10.2. The summed E-state index contributed by atoms with van der Waals surface area (Å²) in [5.74, 6) is -4.23. The highest BCUT2D eigenvalue weighted by Crippen LogP contribution is 2.24. The average molecular weight is 345 g/mol. The van der Waals surface area contributed by atoms with E-state index in [1.165, 1.54) is 0 Å². The topological polar surface area (TPSA) is 26.3 Å². The van der Waals surface area contributed by atoms with Gasteiger partial charge in [0.15, 0.2) is 0 Å². The first-order valence-corrected chi connectivity index (χ1v) is 7.34. The molecule has 1 unspecified atom stereocenters. The van der Waals surface area contributed by atoms with Crippen molar-refractivity contribution in [3.8, 4) is 0 Å². The maximum absolute atomic E-state index is 12.6. The van der Waals surface area contributed by atoms with E-state index in [4.69, 9.17) is 11.6 Å². The Morgan fingerprint density at radius 1 is 1.29 bits per heavy atom. The molecule has 0 spiro atoms. The molecule has 0 fully saturated rings. The zero-order valence-corrected chi connectivity index (χ0v) is 12.3. The molecule has 1 aromatic rings. The van der Waals surface area contributed by atoms with Gasteiger partial charge < -0.3 is 4.74 Å². The highest BCUT2D eigenvalue weighted by Gasteiger charge is 2.41. The van der Waals surface area contributed by atoms with Gasteiger partial charge in [-0.3, -0.25) is 4.79 Å². The van der Waals surface area contributed by atoms with E-state index in [9.17, 15) is 22.4 Å². The second kappa shape index (κ2) is 8.60. The van der Waals surface area contributed by atoms with E-state index < -0.39 is 24.2 Å². The molecule has 0 saturated carbocycles. The van der Waals surface area contributed by atoms with Crippen molar-refractivity contribution in [1.29, 1.82) is 0 Å². The van der Waals surface area contributed by atoms with Gasteiger partial charge >= 0.3 is 12.3 Å². The largest absolute Gasteiger partial charge is 0.374 e.